The van der Waals surface area contributed by atoms with Crippen LogP contribution in [0.15, 0.2) is 60.8 Å². The maximum atomic E-state index is 12.5. The molecule has 0 fully saturated rings. The maximum Gasteiger partial charge on any atom is 0.276 e. The lowest BCUT2D eigenvalue weighted by molar-refractivity contribution is 0.102. The molecule has 0 aliphatic carbocycles. The number of aliphatic hydroxyl groups is 1. The molecule has 3 rings (SSSR count). The number of aryl methyl sites for hydroxylation is 1. The molecule has 1 aromatic heterocycles. The van der Waals surface area contributed by atoms with Gasteiger partial charge in [0.25, 0.3) is 5.91 Å². The average molecular weight is 319 g/mol. The van der Waals surface area contributed by atoms with E-state index in [1.165, 1.54) is 0 Å². The summed E-state index contributed by atoms with van der Waals surface area (Å²) in [5.74, 6) is -0.311. The number of carbonyl (C=O) groups excluding carboxylic acids is 1. The van der Waals surface area contributed by atoms with Crippen molar-refractivity contribution in [3.63, 3.8) is 0 Å². The summed E-state index contributed by atoms with van der Waals surface area (Å²) in [6.07, 6.45) is 1.61. The number of benzene rings is 2. The van der Waals surface area contributed by atoms with Gasteiger partial charge >= 0.3 is 0 Å². The summed E-state index contributed by atoms with van der Waals surface area (Å²) in [4.78, 5) is 21.3. The van der Waals surface area contributed by atoms with Crippen molar-refractivity contribution < 1.29 is 9.90 Å². The number of nitrogens with zero attached hydrogens (tertiary/aromatic N) is 2. The number of hydrogen-bond donors (Lipinski definition) is 2. The molecule has 1 amide bonds. The Balaban J connectivity index is 1.96. The van der Waals surface area contributed by atoms with Gasteiger partial charge in [0.15, 0.2) is 0 Å². The second kappa shape index (κ2) is 7.02. The summed E-state index contributed by atoms with van der Waals surface area (Å²) in [6.45, 7) is 1.64. The number of anilines is 1. The highest BCUT2D eigenvalue weighted by atomic mass is 16.3. The third-order valence-electron chi connectivity index (χ3n) is 3.67. The van der Waals surface area contributed by atoms with Gasteiger partial charge < -0.3 is 10.4 Å². The summed E-state index contributed by atoms with van der Waals surface area (Å²) >= 11 is 0. The Morgan fingerprint density at radius 1 is 1.08 bits per heavy atom. The molecule has 0 unspecified atom stereocenters. The first kappa shape index (κ1) is 15.8. The van der Waals surface area contributed by atoms with E-state index in [1.54, 1.807) is 13.1 Å². The highest BCUT2D eigenvalue weighted by Gasteiger charge is 2.15. The number of carbonyl (C=O) groups is 1. The number of para-hydroxylation sites is 1. The Hall–Kier alpha value is -3.05. The van der Waals surface area contributed by atoms with E-state index in [9.17, 15) is 9.90 Å². The number of nitrogens with one attached hydrogen (secondary N) is 1. The van der Waals surface area contributed by atoms with Gasteiger partial charge in [0.1, 0.15) is 5.69 Å². The van der Waals surface area contributed by atoms with Gasteiger partial charge in [-0.25, -0.2) is 4.98 Å². The number of amides is 1. The molecule has 5 heteroatoms. The Kier molecular flexibility index (Phi) is 4.63. The SMILES string of the molecule is Cc1ncc(-c2ccccc2CO)nc1C(=O)Nc1ccccc1. The number of rotatable bonds is 4. The fraction of sp³-hybridized carbons (Fsp3) is 0.105. The zero-order valence-electron chi connectivity index (χ0n) is 13.2. The fourth-order valence-corrected chi connectivity index (χ4v) is 2.41. The van der Waals surface area contributed by atoms with E-state index in [0.29, 0.717) is 17.1 Å². The lowest BCUT2D eigenvalue weighted by atomic mass is 10.1. The van der Waals surface area contributed by atoms with Crippen LogP contribution >= 0.6 is 0 Å². The van der Waals surface area contributed by atoms with Gasteiger partial charge in [0.2, 0.25) is 0 Å². The van der Waals surface area contributed by atoms with Crippen LogP contribution in [0.2, 0.25) is 0 Å². The van der Waals surface area contributed by atoms with Crippen LogP contribution in [0.5, 0.6) is 0 Å². The molecule has 0 saturated heterocycles. The Morgan fingerprint density at radius 3 is 2.54 bits per heavy atom. The molecule has 2 N–H and O–H groups in total. The Labute approximate surface area is 140 Å². The van der Waals surface area contributed by atoms with Crippen LogP contribution in [0.4, 0.5) is 5.69 Å². The van der Waals surface area contributed by atoms with E-state index in [2.05, 4.69) is 15.3 Å². The largest absolute Gasteiger partial charge is 0.392 e. The normalized spacial score (nSPS) is 10.4. The molecule has 0 spiro atoms. The van der Waals surface area contributed by atoms with Crippen LogP contribution in [0.25, 0.3) is 11.3 Å². The summed E-state index contributed by atoms with van der Waals surface area (Å²) in [7, 11) is 0. The second-order valence-corrected chi connectivity index (χ2v) is 5.32. The van der Waals surface area contributed by atoms with E-state index in [4.69, 9.17) is 0 Å². The van der Waals surface area contributed by atoms with Crippen molar-refractivity contribution in [2.45, 2.75) is 13.5 Å². The third-order valence-corrected chi connectivity index (χ3v) is 3.67. The average Bonchev–Trinajstić information content (AvgIpc) is 2.63. The highest BCUT2D eigenvalue weighted by Crippen LogP contribution is 2.22. The van der Waals surface area contributed by atoms with Gasteiger partial charge in [-0.3, -0.25) is 9.78 Å². The molecule has 0 aliphatic rings. The van der Waals surface area contributed by atoms with E-state index in [1.807, 2.05) is 54.6 Å². The molecular weight excluding hydrogens is 302 g/mol. The number of hydrogen-bond acceptors (Lipinski definition) is 4. The summed E-state index contributed by atoms with van der Waals surface area (Å²) in [5, 5.41) is 12.3. The Bertz CT molecular complexity index is 863. The molecule has 0 radical (unpaired) electrons. The van der Waals surface area contributed by atoms with Crippen molar-refractivity contribution in [1.29, 1.82) is 0 Å². The smallest absolute Gasteiger partial charge is 0.276 e. The lowest BCUT2D eigenvalue weighted by Crippen LogP contribution is -2.16. The topological polar surface area (TPSA) is 75.1 Å². The van der Waals surface area contributed by atoms with Crippen molar-refractivity contribution >= 4 is 11.6 Å². The van der Waals surface area contributed by atoms with E-state index < -0.39 is 0 Å². The van der Waals surface area contributed by atoms with Gasteiger partial charge in [0, 0.05) is 11.3 Å². The molecule has 0 atom stereocenters. The quantitative estimate of drug-likeness (QED) is 0.774. The molecule has 0 aliphatic heterocycles. The fourth-order valence-electron chi connectivity index (χ4n) is 2.41. The molecule has 3 aromatic rings. The number of aliphatic hydroxyl groups excluding tert-OH is 1. The zero-order chi connectivity index (χ0) is 16.9. The van der Waals surface area contributed by atoms with Crippen molar-refractivity contribution in [2.24, 2.45) is 0 Å². The van der Waals surface area contributed by atoms with E-state index in [0.717, 1.165) is 11.1 Å². The molecule has 120 valence electrons. The van der Waals surface area contributed by atoms with Crippen LogP contribution in [0.1, 0.15) is 21.7 Å². The highest BCUT2D eigenvalue weighted by molar-refractivity contribution is 6.03. The van der Waals surface area contributed by atoms with Gasteiger partial charge in [-0.2, -0.15) is 0 Å². The predicted octanol–water partition coefficient (Wildman–Crippen LogP) is 3.20. The van der Waals surface area contributed by atoms with Gasteiger partial charge in [-0.15, -0.1) is 0 Å². The molecule has 0 saturated carbocycles. The number of aromatic nitrogens is 2. The monoisotopic (exact) mass is 319 g/mol. The van der Waals surface area contributed by atoms with Gasteiger partial charge in [-0.05, 0) is 24.6 Å². The van der Waals surface area contributed by atoms with E-state index in [-0.39, 0.29) is 18.2 Å². The lowest BCUT2D eigenvalue weighted by Gasteiger charge is -2.10. The molecule has 5 nitrogen and oxygen atoms in total. The zero-order valence-corrected chi connectivity index (χ0v) is 13.2. The van der Waals surface area contributed by atoms with Crippen molar-refractivity contribution in [2.75, 3.05) is 5.32 Å². The van der Waals surface area contributed by atoms with Crippen molar-refractivity contribution in [1.82, 2.24) is 9.97 Å². The maximum absolute atomic E-state index is 12.5. The summed E-state index contributed by atoms with van der Waals surface area (Å²) in [5.41, 5.74) is 3.58. The predicted molar refractivity (Wildman–Crippen MR) is 92.5 cm³/mol. The first-order valence-corrected chi connectivity index (χ1v) is 7.58. The summed E-state index contributed by atoms with van der Waals surface area (Å²) in [6, 6.07) is 16.6. The Morgan fingerprint density at radius 2 is 1.79 bits per heavy atom. The van der Waals surface area contributed by atoms with Crippen molar-refractivity contribution in [3.05, 3.63) is 77.7 Å². The second-order valence-electron chi connectivity index (χ2n) is 5.32. The van der Waals surface area contributed by atoms with E-state index >= 15 is 0 Å². The van der Waals surface area contributed by atoms with Gasteiger partial charge in [0.05, 0.1) is 24.2 Å². The van der Waals surface area contributed by atoms with Crippen LogP contribution in [-0.2, 0) is 6.61 Å². The van der Waals surface area contributed by atoms with Crippen LogP contribution in [-0.4, -0.2) is 21.0 Å². The molecular formula is C19H17N3O2. The first-order valence-electron chi connectivity index (χ1n) is 7.58. The molecule has 1 heterocycles. The minimum Gasteiger partial charge on any atom is -0.392 e. The van der Waals surface area contributed by atoms with Gasteiger partial charge in [-0.1, -0.05) is 42.5 Å². The minimum atomic E-state index is -0.311. The summed E-state index contributed by atoms with van der Waals surface area (Å²) < 4.78 is 0. The molecule has 0 bridgehead atoms. The standard InChI is InChI=1S/C19H17N3O2/c1-13-18(19(24)21-15-8-3-2-4-9-15)22-17(11-20-13)16-10-6-5-7-14(16)12-23/h2-11,23H,12H2,1H3,(H,21,24). The molecule has 24 heavy (non-hydrogen) atoms. The van der Waals surface area contributed by atoms with Crippen LogP contribution in [0, 0.1) is 6.92 Å². The van der Waals surface area contributed by atoms with Crippen LogP contribution in [0.3, 0.4) is 0 Å². The van der Waals surface area contributed by atoms with Crippen molar-refractivity contribution in [3.8, 4) is 11.3 Å². The minimum absolute atomic E-state index is 0.0999. The van der Waals surface area contributed by atoms with Crippen LogP contribution < -0.4 is 5.32 Å². The molecule has 2 aromatic carbocycles. The third kappa shape index (κ3) is 3.31. The first-order chi connectivity index (χ1) is 11.7.